The normalized spacial score (nSPS) is 7.53. The van der Waals surface area contributed by atoms with Crippen LogP contribution in [0.4, 0.5) is 5.69 Å². The summed E-state index contributed by atoms with van der Waals surface area (Å²) in [6, 6.07) is 6.78. The lowest BCUT2D eigenvalue weighted by Crippen LogP contribution is -2.01. The predicted molar refractivity (Wildman–Crippen MR) is 65.6 cm³/mol. The number of para-hydroxylation sites is 1. The Kier molecular flexibility index (Phi) is 11.2. The molecule has 0 amide bonds. The van der Waals surface area contributed by atoms with Crippen LogP contribution >= 0.6 is 0 Å². The van der Waals surface area contributed by atoms with Crippen molar-refractivity contribution in [3.05, 3.63) is 29.8 Å². The fraction of sp³-hybridized carbons (Fsp3) is 0.417. The Morgan fingerprint density at radius 1 is 1.13 bits per heavy atom. The van der Waals surface area contributed by atoms with Crippen LogP contribution in [0, 0.1) is 0 Å². The highest BCUT2D eigenvalue weighted by molar-refractivity contribution is 5.94. The summed E-state index contributed by atoms with van der Waals surface area (Å²) < 4.78 is 0. The van der Waals surface area contributed by atoms with Gasteiger partial charge in [0.15, 0.2) is 0 Å². The summed E-state index contributed by atoms with van der Waals surface area (Å²) in [6.45, 7) is 8.00. The van der Waals surface area contributed by atoms with Crippen LogP contribution in [0.15, 0.2) is 24.3 Å². The van der Waals surface area contributed by atoms with Crippen molar-refractivity contribution >= 4 is 11.7 Å². The maximum absolute atomic E-state index is 10.5. The van der Waals surface area contributed by atoms with Gasteiger partial charge in [0.2, 0.25) is 0 Å². The lowest BCUT2D eigenvalue weighted by Gasteiger charge is -2.02. The zero-order valence-electron chi connectivity index (χ0n) is 10.2. The van der Waals surface area contributed by atoms with E-state index in [9.17, 15) is 4.79 Å². The van der Waals surface area contributed by atoms with Gasteiger partial charge in [-0.15, -0.1) is 0 Å². The van der Waals surface area contributed by atoms with E-state index in [1.54, 1.807) is 31.3 Å². The fourth-order valence-corrected chi connectivity index (χ4v) is 0.888. The van der Waals surface area contributed by atoms with Crippen LogP contribution in [0.5, 0.6) is 0 Å². The minimum atomic E-state index is -0.907. The van der Waals surface area contributed by atoms with Gasteiger partial charge in [-0.25, -0.2) is 4.79 Å². The first-order valence-electron chi connectivity index (χ1n) is 5.26. The maximum atomic E-state index is 10.5. The van der Waals surface area contributed by atoms with E-state index in [-0.39, 0.29) is 0 Å². The molecule has 86 valence electrons. The maximum Gasteiger partial charge on any atom is 0.337 e. The van der Waals surface area contributed by atoms with Crippen molar-refractivity contribution in [1.29, 1.82) is 0 Å². The lowest BCUT2D eigenvalue weighted by molar-refractivity contribution is 0.0698. The molecule has 0 fully saturated rings. The van der Waals surface area contributed by atoms with Crippen molar-refractivity contribution in [3.8, 4) is 0 Å². The van der Waals surface area contributed by atoms with Crippen LogP contribution in [0.1, 0.15) is 38.1 Å². The van der Waals surface area contributed by atoms with Gasteiger partial charge in [-0.05, 0) is 12.1 Å². The van der Waals surface area contributed by atoms with Crippen LogP contribution in [-0.2, 0) is 0 Å². The molecule has 1 rings (SSSR count). The number of anilines is 1. The molecule has 0 heterocycles. The molecule has 0 bridgehead atoms. The molecule has 0 radical (unpaired) electrons. The molecule has 15 heavy (non-hydrogen) atoms. The topological polar surface area (TPSA) is 49.3 Å². The summed E-state index contributed by atoms with van der Waals surface area (Å²) in [6.07, 6.45) is 0. The van der Waals surface area contributed by atoms with Crippen molar-refractivity contribution in [2.45, 2.75) is 27.7 Å². The average molecular weight is 211 g/mol. The first-order valence-corrected chi connectivity index (χ1v) is 5.26. The van der Waals surface area contributed by atoms with Crippen molar-refractivity contribution in [2.75, 3.05) is 12.4 Å². The molecule has 3 heteroatoms. The van der Waals surface area contributed by atoms with E-state index in [1.807, 2.05) is 27.7 Å². The van der Waals surface area contributed by atoms with Gasteiger partial charge in [0.05, 0.1) is 5.56 Å². The van der Waals surface area contributed by atoms with Crippen LogP contribution < -0.4 is 5.32 Å². The van der Waals surface area contributed by atoms with Crippen LogP contribution in [0.2, 0.25) is 0 Å². The Morgan fingerprint density at radius 3 is 1.93 bits per heavy atom. The molecule has 2 N–H and O–H groups in total. The zero-order chi connectivity index (χ0) is 12.3. The SMILES string of the molecule is CC.CC.CNc1ccccc1C(=O)O. The summed E-state index contributed by atoms with van der Waals surface area (Å²) in [7, 11) is 1.70. The number of nitrogens with one attached hydrogen (secondary N) is 1. The predicted octanol–water partition coefficient (Wildman–Crippen LogP) is 3.48. The number of benzene rings is 1. The second-order valence-electron chi connectivity index (χ2n) is 2.10. The van der Waals surface area contributed by atoms with Gasteiger partial charge < -0.3 is 10.4 Å². The molecule has 0 unspecified atom stereocenters. The summed E-state index contributed by atoms with van der Waals surface area (Å²) in [4.78, 5) is 10.5. The largest absolute Gasteiger partial charge is 0.478 e. The molecule has 0 aliphatic heterocycles. The zero-order valence-corrected chi connectivity index (χ0v) is 10.2. The third-order valence-corrected chi connectivity index (χ3v) is 1.43. The Balaban J connectivity index is 0. The Bertz CT molecular complexity index is 272. The fourth-order valence-electron chi connectivity index (χ4n) is 0.888. The summed E-state index contributed by atoms with van der Waals surface area (Å²) in [5, 5.41) is 11.5. The standard InChI is InChI=1S/C8H9NO2.2C2H6/c1-9-7-5-3-2-4-6(7)8(10)11;2*1-2/h2-5,9H,1H3,(H,10,11);2*1-2H3. The van der Waals surface area contributed by atoms with Gasteiger partial charge >= 0.3 is 5.97 Å². The second kappa shape index (κ2) is 10.6. The van der Waals surface area contributed by atoms with E-state index in [1.165, 1.54) is 0 Å². The molecule has 0 saturated heterocycles. The number of carboxylic acid groups (broad SMARTS) is 1. The summed E-state index contributed by atoms with van der Waals surface area (Å²) in [5.41, 5.74) is 0.940. The Morgan fingerprint density at radius 2 is 1.60 bits per heavy atom. The number of aromatic carboxylic acids is 1. The minimum absolute atomic E-state index is 0.301. The van der Waals surface area contributed by atoms with Gasteiger partial charge in [-0.1, -0.05) is 39.8 Å². The highest BCUT2D eigenvalue weighted by Gasteiger charge is 2.05. The number of carboxylic acids is 1. The number of carbonyl (C=O) groups is 1. The molecular formula is C12H21NO2. The Hall–Kier alpha value is -1.51. The molecule has 0 saturated carbocycles. The monoisotopic (exact) mass is 211 g/mol. The molecule has 1 aromatic rings. The highest BCUT2D eigenvalue weighted by Crippen LogP contribution is 2.13. The molecule has 1 aromatic carbocycles. The molecule has 0 atom stereocenters. The quantitative estimate of drug-likeness (QED) is 0.787. The molecule has 0 spiro atoms. The number of hydrogen-bond donors (Lipinski definition) is 2. The van der Waals surface area contributed by atoms with Gasteiger partial charge in [0.25, 0.3) is 0 Å². The third kappa shape index (κ3) is 5.73. The van der Waals surface area contributed by atoms with Crippen molar-refractivity contribution in [1.82, 2.24) is 0 Å². The third-order valence-electron chi connectivity index (χ3n) is 1.43. The van der Waals surface area contributed by atoms with Crippen LogP contribution in [0.3, 0.4) is 0 Å². The van der Waals surface area contributed by atoms with Crippen LogP contribution in [0.25, 0.3) is 0 Å². The van der Waals surface area contributed by atoms with Gasteiger partial charge in [-0.2, -0.15) is 0 Å². The number of rotatable bonds is 2. The Labute approximate surface area is 92.1 Å². The first-order chi connectivity index (χ1) is 7.25. The average Bonchev–Trinajstić information content (AvgIpc) is 2.34. The summed E-state index contributed by atoms with van der Waals surface area (Å²) >= 11 is 0. The van der Waals surface area contributed by atoms with Gasteiger partial charge in [0, 0.05) is 12.7 Å². The van der Waals surface area contributed by atoms with E-state index < -0.39 is 5.97 Å². The molecule has 0 aromatic heterocycles. The summed E-state index contributed by atoms with van der Waals surface area (Å²) in [5.74, 6) is -0.907. The van der Waals surface area contributed by atoms with E-state index in [0.29, 0.717) is 11.3 Å². The van der Waals surface area contributed by atoms with E-state index >= 15 is 0 Å². The van der Waals surface area contributed by atoms with Crippen molar-refractivity contribution in [2.24, 2.45) is 0 Å². The van der Waals surface area contributed by atoms with Crippen molar-refractivity contribution < 1.29 is 9.90 Å². The van der Waals surface area contributed by atoms with Crippen molar-refractivity contribution in [3.63, 3.8) is 0 Å². The van der Waals surface area contributed by atoms with Gasteiger partial charge in [-0.3, -0.25) is 0 Å². The van der Waals surface area contributed by atoms with E-state index in [4.69, 9.17) is 5.11 Å². The van der Waals surface area contributed by atoms with E-state index in [0.717, 1.165) is 0 Å². The molecule has 0 aliphatic rings. The first kappa shape index (κ1) is 15.9. The highest BCUT2D eigenvalue weighted by atomic mass is 16.4. The second-order valence-corrected chi connectivity index (χ2v) is 2.10. The van der Waals surface area contributed by atoms with Crippen LogP contribution in [-0.4, -0.2) is 18.1 Å². The smallest absolute Gasteiger partial charge is 0.337 e. The molecule has 0 aliphatic carbocycles. The molecular weight excluding hydrogens is 190 g/mol. The van der Waals surface area contributed by atoms with E-state index in [2.05, 4.69) is 5.32 Å². The lowest BCUT2D eigenvalue weighted by atomic mass is 10.2. The van der Waals surface area contributed by atoms with Gasteiger partial charge in [0.1, 0.15) is 0 Å². The number of hydrogen-bond acceptors (Lipinski definition) is 2. The minimum Gasteiger partial charge on any atom is -0.478 e. The molecule has 3 nitrogen and oxygen atoms in total.